The molecule has 0 spiro atoms. The van der Waals surface area contributed by atoms with Gasteiger partial charge >= 0.3 is 0 Å². The van der Waals surface area contributed by atoms with Gasteiger partial charge in [-0.25, -0.2) is 0 Å². The summed E-state index contributed by atoms with van der Waals surface area (Å²) >= 11 is 0. The van der Waals surface area contributed by atoms with Gasteiger partial charge in [-0.2, -0.15) is 0 Å². The molecule has 0 N–H and O–H groups in total. The van der Waals surface area contributed by atoms with Gasteiger partial charge in [0.2, 0.25) is 0 Å². The molecule has 1 aliphatic rings. The molecule has 2 heteroatoms. The molecule has 0 bridgehead atoms. The van der Waals surface area contributed by atoms with Crippen LogP contribution in [0.2, 0.25) is 0 Å². The van der Waals surface area contributed by atoms with Crippen LogP contribution in [0.4, 0.5) is 17.1 Å². The summed E-state index contributed by atoms with van der Waals surface area (Å²) in [5.74, 6) is 0. The fourth-order valence-corrected chi connectivity index (χ4v) is 8.40. The first-order valence-electron chi connectivity index (χ1n) is 17.8. The molecule has 0 aliphatic heterocycles. The Hall–Kier alpha value is -6.38. The van der Waals surface area contributed by atoms with Gasteiger partial charge in [-0.1, -0.05) is 129 Å². The van der Waals surface area contributed by atoms with Crippen molar-refractivity contribution in [2.75, 3.05) is 4.90 Å². The highest BCUT2D eigenvalue weighted by Gasteiger charge is 2.36. The third-order valence-electron chi connectivity index (χ3n) is 10.9. The van der Waals surface area contributed by atoms with Gasteiger partial charge in [-0.3, -0.25) is 0 Å². The third-order valence-corrected chi connectivity index (χ3v) is 10.9. The van der Waals surface area contributed by atoms with Gasteiger partial charge in [-0.15, -0.1) is 0 Å². The summed E-state index contributed by atoms with van der Waals surface area (Å²) in [5, 5.41) is 5.07. The largest absolute Gasteiger partial charge is 0.310 e. The molecule has 1 aliphatic carbocycles. The van der Waals surface area contributed by atoms with Crippen LogP contribution in [0.3, 0.4) is 0 Å². The van der Waals surface area contributed by atoms with Crippen molar-refractivity contribution >= 4 is 49.6 Å². The Kier molecular flexibility index (Phi) is 6.56. The lowest BCUT2D eigenvalue weighted by Crippen LogP contribution is -2.15. The average Bonchev–Trinajstić information content (AvgIpc) is 3.62. The maximum Gasteiger partial charge on any atom is 0.0561 e. The van der Waals surface area contributed by atoms with E-state index in [-0.39, 0.29) is 5.41 Å². The fourth-order valence-electron chi connectivity index (χ4n) is 8.40. The monoisotopic (exact) mass is 652 g/mol. The minimum atomic E-state index is -0.0923. The van der Waals surface area contributed by atoms with Crippen molar-refractivity contribution in [1.82, 2.24) is 4.57 Å². The van der Waals surface area contributed by atoms with Crippen LogP contribution in [0.5, 0.6) is 0 Å². The van der Waals surface area contributed by atoms with E-state index in [9.17, 15) is 0 Å². The van der Waals surface area contributed by atoms with E-state index >= 15 is 0 Å². The van der Waals surface area contributed by atoms with Gasteiger partial charge < -0.3 is 9.47 Å². The Bertz CT molecular complexity index is 2750. The number of rotatable bonds is 5. The summed E-state index contributed by atoms with van der Waals surface area (Å²) in [6.45, 7) is 4.73. The Labute approximate surface area is 298 Å². The number of benzene rings is 8. The molecule has 51 heavy (non-hydrogen) atoms. The lowest BCUT2D eigenvalue weighted by Gasteiger charge is -2.27. The predicted molar refractivity (Wildman–Crippen MR) is 216 cm³/mol. The summed E-state index contributed by atoms with van der Waals surface area (Å²) in [6, 6.07) is 66.7. The van der Waals surface area contributed by atoms with E-state index < -0.39 is 0 Å². The van der Waals surface area contributed by atoms with E-state index in [0.717, 1.165) is 22.7 Å². The molecule has 1 heterocycles. The second kappa shape index (κ2) is 11.3. The number of anilines is 3. The SMILES string of the molecule is CC1(C)c2ccc(N(c3ccc(-c4ccccc4)cc3)c3ccc4c5ccccc5n(-c5ccccc5)c4c3)cc2-c2cc3ccccc3cc21. The van der Waals surface area contributed by atoms with E-state index in [4.69, 9.17) is 0 Å². The van der Waals surface area contributed by atoms with Crippen molar-refractivity contribution in [3.63, 3.8) is 0 Å². The minimum Gasteiger partial charge on any atom is -0.310 e. The highest BCUT2D eigenvalue weighted by Crippen LogP contribution is 2.52. The second-order valence-electron chi connectivity index (χ2n) is 14.2. The maximum absolute atomic E-state index is 2.42. The smallest absolute Gasteiger partial charge is 0.0561 e. The number of hydrogen-bond donors (Lipinski definition) is 0. The average molecular weight is 653 g/mol. The predicted octanol–water partition coefficient (Wildman–Crippen LogP) is 13.4. The summed E-state index contributed by atoms with van der Waals surface area (Å²) in [4.78, 5) is 2.42. The Morgan fingerprint density at radius 3 is 1.76 bits per heavy atom. The topological polar surface area (TPSA) is 8.17 Å². The van der Waals surface area contributed by atoms with E-state index in [2.05, 4.69) is 205 Å². The first kappa shape index (κ1) is 29.5. The summed E-state index contributed by atoms with van der Waals surface area (Å²) in [6.07, 6.45) is 0. The highest BCUT2D eigenvalue weighted by atomic mass is 15.1. The van der Waals surface area contributed by atoms with Gasteiger partial charge in [0.1, 0.15) is 0 Å². The van der Waals surface area contributed by atoms with E-state index in [0.29, 0.717) is 0 Å². The molecule has 10 rings (SSSR count). The first-order chi connectivity index (χ1) is 25.0. The van der Waals surface area contributed by atoms with Crippen molar-refractivity contribution in [2.24, 2.45) is 0 Å². The lowest BCUT2D eigenvalue weighted by molar-refractivity contribution is 0.661. The molecular formula is C49H36N2. The van der Waals surface area contributed by atoms with Crippen molar-refractivity contribution in [3.05, 3.63) is 193 Å². The van der Waals surface area contributed by atoms with Crippen LogP contribution in [0.1, 0.15) is 25.0 Å². The van der Waals surface area contributed by atoms with Gasteiger partial charge in [0.25, 0.3) is 0 Å². The number of hydrogen-bond acceptors (Lipinski definition) is 1. The minimum absolute atomic E-state index is 0.0923. The molecule has 242 valence electrons. The number of nitrogens with zero attached hydrogens (tertiary/aromatic N) is 2. The molecule has 0 saturated heterocycles. The molecule has 0 unspecified atom stereocenters. The van der Waals surface area contributed by atoms with Gasteiger partial charge in [0.05, 0.1) is 11.0 Å². The molecule has 9 aromatic rings. The van der Waals surface area contributed by atoms with E-state index in [1.807, 2.05) is 0 Å². The van der Waals surface area contributed by atoms with E-state index in [1.54, 1.807) is 0 Å². The van der Waals surface area contributed by atoms with Crippen molar-refractivity contribution in [2.45, 2.75) is 19.3 Å². The first-order valence-corrected chi connectivity index (χ1v) is 17.8. The Balaban J connectivity index is 1.20. The van der Waals surface area contributed by atoms with Gasteiger partial charge in [0, 0.05) is 38.9 Å². The van der Waals surface area contributed by atoms with E-state index in [1.165, 1.54) is 66.0 Å². The highest BCUT2D eigenvalue weighted by molar-refractivity contribution is 6.10. The maximum atomic E-state index is 2.42. The van der Waals surface area contributed by atoms with Crippen molar-refractivity contribution in [3.8, 4) is 27.9 Å². The van der Waals surface area contributed by atoms with Crippen LogP contribution in [0.25, 0.3) is 60.5 Å². The second-order valence-corrected chi connectivity index (χ2v) is 14.2. The van der Waals surface area contributed by atoms with Crippen LogP contribution >= 0.6 is 0 Å². The Morgan fingerprint density at radius 1 is 0.412 bits per heavy atom. The number of para-hydroxylation sites is 2. The molecule has 0 radical (unpaired) electrons. The Morgan fingerprint density at radius 2 is 0.980 bits per heavy atom. The molecule has 1 aromatic heterocycles. The number of aromatic nitrogens is 1. The van der Waals surface area contributed by atoms with Crippen LogP contribution in [0, 0.1) is 0 Å². The van der Waals surface area contributed by atoms with Crippen LogP contribution in [0.15, 0.2) is 182 Å². The van der Waals surface area contributed by atoms with Gasteiger partial charge in [-0.05, 0) is 111 Å². The van der Waals surface area contributed by atoms with Crippen LogP contribution in [-0.2, 0) is 5.41 Å². The number of fused-ring (bicyclic) bond motifs is 7. The lowest BCUT2D eigenvalue weighted by atomic mass is 9.82. The zero-order valence-corrected chi connectivity index (χ0v) is 28.7. The van der Waals surface area contributed by atoms with Crippen molar-refractivity contribution < 1.29 is 0 Å². The summed E-state index contributed by atoms with van der Waals surface area (Å²) in [5.41, 5.74) is 14.6. The normalized spacial score (nSPS) is 13.1. The third kappa shape index (κ3) is 4.64. The zero-order chi connectivity index (χ0) is 34.1. The molecule has 0 saturated carbocycles. The fraction of sp³-hybridized carbons (Fsp3) is 0.0612. The van der Waals surface area contributed by atoms with Crippen molar-refractivity contribution in [1.29, 1.82) is 0 Å². The zero-order valence-electron chi connectivity index (χ0n) is 28.7. The molecular weight excluding hydrogens is 617 g/mol. The molecule has 0 fully saturated rings. The standard InChI is InChI=1S/C49H36N2/c1-49(2)45-28-26-39(31-44(45)43-29-35-15-9-10-16-36(35)30-46(43)49)50(38-23-21-34(22-24-38)33-13-5-3-6-14-33)40-25-27-42-41-19-11-12-20-47(41)51(48(42)32-40)37-17-7-4-8-18-37/h3-32H,1-2H3. The molecule has 2 nitrogen and oxygen atoms in total. The molecule has 0 atom stereocenters. The quantitative estimate of drug-likeness (QED) is 0.180. The summed E-state index contributed by atoms with van der Waals surface area (Å²) in [7, 11) is 0. The van der Waals surface area contributed by atoms with Crippen LogP contribution < -0.4 is 4.90 Å². The van der Waals surface area contributed by atoms with Gasteiger partial charge in [0.15, 0.2) is 0 Å². The molecule has 8 aromatic carbocycles. The molecule has 0 amide bonds. The summed E-state index contributed by atoms with van der Waals surface area (Å²) < 4.78 is 2.40. The van der Waals surface area contributed by atoms with Crippen LogP contribution in [-0.4, -0.2) is 4.57 Å².